The van der Waals surface area contributed by atoms with Crippen LogP contribution >= 0.6 is 12.6 Å². The van der Waals surface area contributed by atoms with Crippen LogP contribution in [0.4, 0.5) is 0 Å². The van der Waals surface area contributed by atoms with E-state index in [0.29, 0.717) is 23.7 Å². The zero-order chi connectivity index (χ0) is 11.1. The van der Waals surface area contributed by atoms with Crippen LogP contribution in [0.3, 0.4) is 0 Å². The summed E-state index contributed by atoms with van der Waals surface area (Å²) >= 11 is 3.99. The van der Waals surface area contributed by atoms with E-state index in [4.69, 9.17) is 4.74 Å². The second kappa shape index (κ2) is 6.15. The standard InChI is InChI=1S/C12H12O2S/c1-2-14-12-6-5-10(4-3-7-15)8-11(12)9-13/h5-6,8-9,15H,2,7H2,1H3. The normalized spacial score (nSPS) is 8.93. The van der Waals surface area contributed by atoms with Gasteiger partial charge in [-0.05, 0) is 25.1 Å². The molecular weight excluding hydrogens is 208 g/mol. The molecule has 0 fully saturated rings. The van der Waals surface area contributed by atoms with Gasteiger partial charge >= 0.3 is 0 Å². The van der Waals surface area contributed by atoms with Gasteiger partial charge in [0, 0.05) is 5.56 Å². The molecule has 78 valence electrons. The fraction of sp³-hybridized carbons (Fsp3) is 0.250. The van der Waals surface area contributed by atoms with Crippen molar-refractivity contribution in [3.05, 3.63) is 29.3 Å². The molecule has 0 aliphatic rings. The molecule has 1 aromatic carbocycles. The molecule has 0 aliphatic heterocycles. The minimum atomic E-state index is 0.504. The highest BCUT2D eigenvalue weighted by Crippen LogP contribution is 2.17. The van der Waals surface area contributed by atoms with Crippen LogP contribution in [0.15, 0.2) is 18.2 Å². The predicted octanol–water partition coefficient (Wildman–Crippen LogP) is 2.18. The van der Waals surface area contributed by atoms with Crippen LogP contribution in [0.2, 0.25) is 0 Å². The summed E-state index contributed by atoms with van der Waals surface area (Å²) < 4.78 is 5.29. The molecule has 0 saturated heterocycles. The number of hydrogen-bond acceptors (Lipinski definition) is 3. The van der Waals surface area contributed by atoms with Crippen LogP contribution in [0.25, 0.3) is 0 Å². The number of thiol groups is 1. The predicted molar refractivity (Wildman–Crippen MR) is 63.7 cm³/mol. The van der Waals surface area contributed by atoms with E-state index in [1.165, 1.54) is 0 Å². The van der Waals surface area contributed by atoms with Crippen LogP contribution in [0.1, 0.15) is 22.8 Å². The Morgan fingerprint density at radius 1 is 1.53 bits per heavy atom. The molecule has 0 aromatic heterocycles. The molecule has 0 N–H and O–H groups in total. The Hall–Kier alpha value is -1.40. The van der Waals surface area contributed by atoms with E-state index in [2.05, 4.69) is 24.5 Å². The lowest BCUT2D eigenvalue weighted by molar-refractivity contribution is 0.112. The number of carbonyl (C=O) groups is 1. The molecule has 1 rings (SSSR count). The maximum absolute atomic E-state index is 10.8. The first-order valence-corrected chi connectivity index (χ1v) is 5.26. The highest BCUT2D eigenvalue weighted by atomic mass is 32.1. The topological polar surface area (TPSA) is 26.3 Å². The average molecular weight is 220 g/mol. The van der Waals surface area contributed by atoms with Crippen molar-refractivity contribution in [2.24, 2.45) is 0 Å². The summed E-state index contributed by atoms with van der Waals surface area (Å²) in [4.78, 5) is 10.8. The minimum Gasteiger partial charge on any atom is -0.493 e. The third kappa shape index (κ3) is 3.34. The fourth-order valence-electron chi connectivity index (χ4n) is 1.15. The Morgan fingerprint density at radius 2 is 2.33 bits per heavy atom. The summed E-state index contributed by atoms with van der Waals surface area (Å²) in [6, 6.07) is 5.30. The fourth-order valence-corrected chi connectivity index (χ4v) is 1.23. The first-order chi connectivity index (χ1) is 7.31. The van der Waals surface area contributed by atoms with Crippen molar-refractivity contribution in [1.82, 2.24) is 0 Å². The van der Waals surface area contributed by atoms with E-state index in [1.54, 1.807) is 12.1 Å². The van der Waals surface area contributed by atoms with Gasteiger partial charge in [-0.15, -0.1) is 0 Å². The lowest BCUT2D eigenvalue weighted by Gasteiger charge is -2.05. The minimum absolute atomic E-state index is 0.504. The van der Waals surface area contributed by atoms with Gasteiger partial charge in [-0.2, -0.15) is 12.6 Å². The molecule has 2 nitrogen and oxygen atoms in total. The summed E-state index contributed by atoms with van der Waals surface area (Å²) in [6.07, 6.45) is 0.775. The molecular formula is C12H12O2S. The SMILES string of the molecule is CCOc1ccc(C#CCS)cc1C=O. The van der Waals surface area contributed by atoms with Gasteiger partial charge < -0.3 is 4.74 Å². The van der Waals surface area contributed by atoms with Crippen molar-refractivity contribution in [2.45, 2.75) is 6.92 Å². The van der Waals surface area contributed by atoms with Crippen molar-refractivity contribution in [3.63, 3.8) is 0 Å². The van der Waals surface area contributed by atoms with E-state index in [-0.39, 0.29) is 0 Å². The Kier molecular flexibility index (Phi) is 4.79. The van der Waals surface area contributed by atoms with Crippen LogP contribution < -0.4 is 4.74 Å². The van der Waals surface area contributed by atoms with Gasteiger partial charge in [0.2, 0.25) is 0 Å². The molecule has 3 heteroatoms. The second-order valence-corrected chi connectivity index (χ2v) is 3.08. The summed E-state index contributed by atoms with van der Waals surface area (Å²) in [5, 5.41) is 0. The van der Waals surface area contributed by atoms with Crippen molar-refractivity contribution in [3.8, 4) is 17.6 Å². The first kappa shape index (κ1) is 11.7. The van der Waals surface area contributed by atoms with E-state index < -0.39 is 0 Å². The van der Waals surface area contributed by atoms with Crippen LogP contribution in [0, 0.1) is 11.8 Å². The molecule has 0 spiro atoms. The lowest BCUT2D eigenvalue weighted by Crippen LogP contribution is -1.96. The molecule has 0 amide bonds. The Morgan fingerprint density at radius 3 is 2.93 bits per heavy atom. The number of benzene rings is 1. The van der Waals surface area contributed by atoms with Crippen LogP contribution in [-0.2, 0) is 0 Å². The van der Waals surface area contributed by atoms with Crippen molar-refractivity contribution >= 4 is 18.9 Å². The third-order valence-electron chi connectivity index (χ3n) is 1.75. The van der Waals surface area contributed by atoms with Crippen molar-refractivity contribution < 1.29 is 9.53 Å². The van der Waals surface area contributed by atoms with Gasteiger partial charge in [0.15, 0.2) is 6.29 Å². The largest absolute Gasteiger partial charge is 0.493 e. The van der Waals surface area contributed by atoms with Gasteiger partial charge in [0.1, 0.15) is 5.75 Å². The lowest BCUT2D eigenvalue weighted by atomic mass is 10.1. The quantitative estimate of drug-likeness (QED) is 0.480. The van der Waals surface area contributed by atoms with Crippen LogP contribution in [0.5, 0.6) is 5.75 Å². The number of hydrogen-bond donors (Lipinski definition) is 1. The number of ether oxygens (including phenoxy) is 1. The summed E-state index contributed by atoms with van der Waals surface area (Å²) in [5.41, 5.74) is 1.33. The maximum atomic E-state index is 10.8. The summed E-state index contributed by atoms with van der Waals surface area (Å²) in [7, 11) is 0. The third-order valence-corrected chi connectivity index (χ3v) is 1.91. The zero-order valence-corrected chi connectivity index (χ0v) is 9.38. The molecule has 0 heterocycles. The van der Waals surface area contributed by atoms with Crippen LogP contribution in [-0.4, -0.2) is 18.6 Å². The van der Waals surface area contributed by atoms with Gasteiger partial charge in [0.05, 0.1) is 17.9 Å². The molecule has 0 bridgehead atoms. The average Bonchev–Trinajstić information content (AvgIpc) is 2.28. The summed E-state index contributed by atoms with van der Waals surface area (Å²) in [5.74, 6) is 6.83. The van der Waals surface area contributed by atoms with E-state index in [1.807, 2.05) is 13.0 Å². The summed E-state index contributed by atoms with van der Waals surface area (Å²) in [6.45, 7) is 2.42. The number of rotatable bonds is 3. The zero-order valence-electron chi connectivity index (χ0n) is 8.49. The molecule has 0 aliphatic carbocycles. The molecule has 15 heavy (non-hydrogen) atoms. The smallest absolute Gasteiger partial charge is 0.153 e. The second-order valence-electron chi connectivity index (χ2n) is 2.76. The van der Waals surface area contributed by atoms with E-state index in [0.717, 1.165) is 11.8 Å². The highest BCUT2D eigenvalue weighted by Gasteiger charge is 2.02. The van der Waals surface area contributed by atoms with Crippen molar-refractivity contribution in [1.29, 1.82) is 0 Å². The Labute approximate surface area is 95.1 Å². The molecule has 0 unspecified atom stereocenters. The van der Waals surface area contributed by atoms with Gasteiger partial charge in [-0.25, -0.2) is 0 Å². The molecule has 0 saturated carbocycles. The molecule has 0 atom stereocenters. The molecule has 1 aromatic rings. The maximum Gasteiger partial charge on any atom is 0.153 e. The highest BCUT2D eigenvalue weighted by molar-refractivity contribution is 7.80. The Bertz CT molecular complexity index is 402. The number of carbonyl (C=O) groups excluding carboxylic acids is 1. The number of aldehydes is 1. The van der Waals surface area contributed by atoms with E-state index >= 15 is 0 Å². The van der Waals surface area contributed by atoms with E-state index in [9.17, 15) is 4.79 Å². The monoisotopic (exact) mass is 220 g/mol. The van der Waals surface area contributed by atoms with Crippen molar-refractivity contribution in [2.75, 3.05) is 12.4 Å². The van der Waals surface area contributed by atoms with Gasteiger partial charge in [-0.3, -0.25) is 4.79 Å². The Balaban J connectivity index is 3.01. The van der Waals surface area contributed by atoms with Gasteiger partial charge in [-0.1, -0.05) is 11.8 Å². The molecule has 0 radical (unpaired) electrons. The van der Waals surface area contributed by atoms with Gasteiger partial charge in [0.25, 0.3) is 0 Å². The first-order valence-electron chi connectivity index (χ1n) is 4.63.